The fraction of sp³-hybridized carbons (Fsp3) is 1.00. The predicted molar refractivity (Wildman–Crippen MR) is 86.8 cm³/mol. The third-order valence-corrected chi connectivity index (χ3v) is 7.15. The number of hydrogen-bond acceptors (Lipinski definition) is 3. The first-order chi connectivity index (χ1) is 8.88. The molecule has 2 aliphatic rings. The summed E-state index contributed by atoms with van der Waals surface area (Å²) in [5.74, 6) is 5.12. The largest absolute Gasteiger partial charge is 0.313 e. The zero-order valence-corrected chi connectivity index (χ0v) is 13.5. The summed E-state index contributed by atoms with van der Waals surface area (Å²) in [6.45, 7) is 3.58. The molecule has 0 spiro atoms. The van der Waals surface area contributed by atoms with E-state index in [2.05, 4.69) is 35.8 Å². The van der Waals surface area contributed by atoms with E-state index in [9.17, 15) is 0 Å². The average Bonchev–Trinajstić information content (AvgIpc) is 2.64. The molecule has 0 aromatic heterocycles. The highest BCUT2D eigenvalue weighted by Crippen LogP contribution is 2.27. The molecule has 0 aromatic carbocycles. The van der Waals surface area contributed by atoms with Crippen LogP contribution in [0.2, 0.25) is 0 Å². The monoisotopic (exact) mass is 287 g/mol. The third kappa shape index (κ3) is 5.34. The molecule has 1 aliphatic heterocycles. The maximum Gasteiger partial charge on any atom is 0.0263 e. The minimum Gasteiger partial charge on any atom is -0.313 e. The third-order valence-electron chi connectivity index (χ3n) is 4.30. The summed E-state index contributed by atoms with van der Waals surface area (Å²) in [7, 11) is 0. The van der Waals surface area contributed by atoms with E-state index in [1.807, 2.05) is 0 Å². The van der Waals surface area contributed by atoms with Gasteiger partial charge in [-0.3, -0.25) is 0 Å². The van der Waals surface area contributed by atoms with E-state index in [0.29, 0.717) is 0 Å². The number of hydrogen-bond donors (Lipinski definition) is 1. The van der Waals surface area contributed by atoms with Crippen molar-refractivity contribution < 1.29 is 0 Å². The standard InChI is InChI=1S/C15H29NS2/c1-2-4-13-5-3-6-14(8-7-13)16-11-15-12-17-9-10-18-15/h13-16H,2-12H2,1H3. The molecule has 2 fully saturated rings. The molecule has 3 heteroatoms. The van der Waals surface area contributed by atoms with Crippen molar-refractivity contribution in [3.8, 4) is 0 Å². The van der Waals surface area contributed by atoms with Crippen LogP contribution in [0.25, 0.3) is 0 Å². The molecule has 1 nitrogen and oxygen atoms in total. The van der Waals surface area contributed by atoms with Gasteiger partial charge in [-0.05, 0) is 25.2 Å². The maximum absolute atomic E-state index is 3.86. The van der Waals surface area contributed by atoms with Crippen molar-refractivity contribution in [2.75, 3.05) is 23.8 Å². The highest BCUT2D eigenvalue weighted by molar-refractivity contribution is 8.06. The van der Waals surface area contributed by atoms with E-state index in [1.165, 1.54) is 68.7 Å². The van der Waals surface area contributed by atoms with Crippen molar-refractivity contribution in [1.29, 1.82) is 0 Å². The minimum atomic E-state index is 0.819. The van der Waals surface area contributed by atoms with E-state index >= 15 is 0 Å². The molecule has 0 amide bonds. The number of rotatable bonds is 5. The van der Waals surface area contributed by atoms with Crippen molar-refractivity contribution in [3.05, 3.63) is 0 Å². The Morgan fingerprint density at radius 2 is 2.06 bits per heavy atom. The maximum atomic E-state index is 3.86. The molecule has 1 aliphatic carbocycles. The fourth-order valence-electron chi connectivity index (χ4n) is 3.23. The highest BCUT2D eigenvalue weighted by atomic mass is 32.2. The Morgan fingerprint density at radius 1 is 1.11 bits per heavy atom. The number of nitrogens with one attached hydrogen (secondary N) is 1. The van der Waals surface area contributed by atoms with Crippen LogP contribution in [-0.2, 0) is 0 Å². The molecular formula is C15H29NS2. The Kier molecular flexibility index (Phi) is 7.32. The van der Waals surface area contributed by atoms with Crippen LogP contribution in [0, 0.1) is 5.92 Å². The van der Waals surface area contributed by atoms with Gasteiger partial charge in [0.15, 0.2) is 0 Å². The molecule has 0 aromatic rings. The van der Waals surface area contributed by atoms with Crippen LogP contribution in [0.3, 0.4) is 0 Å². The van der Waals surface area contributed by atoms with E-state index < -0.39 is 0 Å². The highest BCUT2D eigenvalue weighted by Gasteiger charge is 2.20. The first kappa shape index (κ1) is 15.1. The molecule has 1 heterocycles. The first-order valence-electron chi connectivity index (χ1n) is 7.81. The quantitative estimate of drug-likeness (QED) is 0.762. The van der Waals surface area contributed by atoms with Gasteiger partial charge in [0.05, 0.1) is 0 Å². The Labute approximate surface area is 122 Å². The summed E-state index contributed by atoms with van der Waals surface area (Å²) in [5, 5.41) is 4.73. The molecular weight excluding hydrogens is 258 g/mol. The lowest BCUT2D eigenvalue weighted by atomic mass is 9.95. The zero-order valence-electron chi connectivity index (χ0n) is 11.8. The van der Waals surface area contributed by atoms with Crippen LogP contribution in [0.4, 0.5) is 0 Å². The van der Waals surface area contributed by atoms with Crippen molar-refractivity contribution in [1.82, 2.24) is 5.32 Å². The second-order valence-corrected chi connectivity index (χ2v) is 8.39. The van der Waals surface area contributed by atoms with Crippen molar-refractivity contribution in [2.45, 2.75) is 63.2 Å². The molecule has 1 N–H and O–H groups in total. The minimum absolute atomic E-state index is 0.819. The SMILES string of the molecule is CCCC1CCCC(NCC2CSCCS2)CC1. The lowest BCUT2D eigenvalue weighted by Crippen LogP contribution is -2.36. The Balaban J connectivity index is 1.63. The van der Waals surface area contributed by atoms with Gasteiger partial charge in [0.2, 0.25) is 0 Å². The normalized spacial score (nSPS) is 34.2. The molecule has 0 radical (unpaired) electrons. The molecule has 2 rings (SSSR count). The van der Waals surface area contributed by atoms with Crippen molar-refractivity contribution >= 4 is 23.5 Å². The second kappa shape index (κ2) is 8.76. The molecule has 0 bridgehead atoms. The van der Waals surface area contributed by atoms with Gasteiger partial charge >= 0.3 is 0 Å². The number of thioether (sulfide) groups is 2. The van der Waals surface area contributed by atoms with Crippen LogP contribution in [0.15, 0.2) is 0 Å². The van der Waals surface area contributed by atoms with Gasteiger partial charge in [-0.15, -0.1) is 0 Å². The summed E-state index contributed by atoms with van der Waals surface area (Å²) < 4.78 is 0. The first-order valence-corrected chi connectivity index (χ1v) is 10.0. The summed E-state index contributed by atoms with van der Waals surface area (Å²) in [5.41, 5.74) is 0. The van der Waals surface area contributed by atoms with E-state index in [4.69, 9.17) is 0 Å². The van der Waals surface area contributed by atoms with Gasteiger partial charge < -0.3 is 5.32 Å². The Morgan fingerprint density at radius 3 is 2.83 bits per heavy atom. The molecule has 18 heavy (non-hydrogen) atoms. The van der Waals surface area contributed by atoms with Crippen molar-refractivity contribution in [3.63, 3.8) is 0 Å². The lowest BCUT2D eigenvalue weighted by molar-refractivity contribution is 0.411. The van der Waals surface area contributed by atoms with Gasteiger partial charge in [0, 0.05) is 35.1 Å². The van der Waals surface area contributed by atoms with Crippen LogP contribution >= 0.6 is 23.5 Å². The summed E-state index contributed by atoms with van der Waals surface area (Å²) in [6, 6.07) is 0.819. The van der Waals surface area contributed by atoms with Crippen LogP contribution < -0.4 is 5.32 Å². The van der Waals surface area contributed by atoms with Crippen LogP contribution in [0.5, 0.6) is 0 Å². The van der Waals surface area contributed by atoms with Crippen molar-refractivity contribution in [2.24, 2.45) is 5.92 Å². The molecule has 106 valence electrons. The predicted octanol–water partition coefficient (Wildman–Crippen LogP) is 4.17. The van der Waals surface area contributed by atoms with E-state index in [0.717, 1.165) is 17.2 Å². The van der Waals surface area contributed by atoms with Crippen LogP contribution in [0.1, 0.15) is 51.9 Å². The molecule has 3 unspecified atom stereocenters. The zero-order chi connectivity index (χ0) is 12.6. The molecule has 1 saturated carbocycles. The smallest absolute Gasteiger partial charge is 0.0263 e. The van der Waals surface area contributed by atoms with Gasteiger partial charge in [-0.1, -0.05) is 32.6 Å². The summed E-state index contributed by atoms with van der Waals surface area (Å²) in [4.78, 5) is 0. The van der Waals surface area contributed by atoms with E-state index in [1.54, 1.807) is 0 Å². The Hall–Kier alpha value is 0.660. The summed E-state index contributed by atoms with van der Waals surface area (Å²) in [6.07, 6.45) is 10.1. The topological polar surface area (TPSA) is 12.0 Å². The molecule has 1 saturated heterocycles. The fourth-order valence-corrected chi connectivity index (χ4v) is 5.86. The van der Waals surface area contributed by atoms with Gasteiger partial charge in [0.25, 0.3) is 0 Å². The average molecular weight is 288 g/mol. The van der Waals surface area contributed by atoms with Gasteiger partial charge in [-0.2, -0.15) is 23.5 Å². The summed E-state index contributed by atoms with van der Waals surface area (Å²) >= 11 is 4.32. The van der Waals surface area contributed by atoms with E-state index in [-0.39, 0.29) is 0 Å². The van der Waals surface area contributed by atoms with Gasteiger partial charge in [-0.25, -0.2) is 0 Å². The lowest BCUT2D eigenvalue weighted by Gasteiger charge is -2.24. The Bertz CT molecular complexity index is 217. The van der Waals surface area contributed by atoms with Crippen LogP contribution in [-0.4, -0.2) is 35.1 Å². The second-order valence-electron chi connectivity index (χ2n) is 5.84. The van der Waals surface area contributed by atoms with Gasteiger partial charge in [0.1, 0.15) is 0 Å². The molecule has 3 atom stereocenters.